The Hall–Kier alpha value is -4.31. The number of likely N-dealkylation sites (N-methyl/N-ethyl adjacent to an activating group) is 1. The fraction of sp³-hybridized carbons (Fsp3) is 0.296. The molecule has 0 unspecified atom stereocenters. The summed E-state index contributed by atoms with van der Waals surface area (Å²) < 4.78 is 10.9. The van der Waals surface area contributed by atoms with Crippen LogP contribution in [0.5, 0.6) is 11.5 Å². The quantitative estimate of drug-likeness (QED) is 0.396. The molecule has 0 spiro atoms. The van der Waals surface area contributed by atoms with Crippen LogP contribution in [-0.2, 0) is 0 Å². The summed E-state index contributed by atoms with van der Waals surface area (Å²) in [6.07, 6.45) is 0. The van der Waals surface area contributed by atoms with Crippen molar-refractivity contribution in [1.29, 1.82) is 0 Å². The van der Waals surface area contributed by atoms with Crippen molar-refractivity contribution in [3.8, 4) is 33.9 Å². The van der Waals surface area contributed by atoms with Gasteiger partial charge >= 0.3 is 0 Å². The smallest absolute Gasteiger partial charge is 0.261 e. The summed E-state index contributed by atoms with van der Waals surface area (Å²) in [5.41, 5.74) is 3.95. The van der Waals surface area contributed by atoms with Crippen molar-refractivity contribution in [2.45, 2.75) is 6.92 Å². The number of nitrogens with zero attached hydrogens (tertiary/aromatic N) is 6. The van der Waals surface area contributed by atoms with Crippen molar-refractivity contribution in [1.82, 2.24) is 24.9 Å². The molecular formula is C27H29N7O3. The van der Waals surface area contributed by atoms with E-state index in [0.29, 0.717) is 39.6 Å². The minimum atomic E-state index is -0.244. The molecular weight excluding hydrogens is 470 g/mol. The molecule has 0 radical (unpaired) electrons. The van der Waals surface area contributed by atoms with E-state index >= 15 is 0 Å². The lowest BCUT2D eigenvalue weighted by molar-refractivity contribution is 0.150. The van der Waals surface area contributed by atoms with Crippen LogP contribution in [0.1, 0.15) is 5.82 Å². The summed E-state index contributed by atoms with van der Waals surface area (Å²) in [5.74, 6) is 1.67. The third-order valence-electron chi connectivity index (χ3n) is 6.42. The summed E-state index contributed by atoms with van der Waals surface area (Å²) in [7, 11) is 5.28. The molecule has 0 amide bonds. The van der Waals surface area contributed by atoms with Crippen LogP contribution in [0.25, 0.3) is 33.4 Å². The van der Waals surface area contributed by atoms with E-state index in [2.05, 4.69) is 32.3 Å². The number of aryl methyl sites for hydroxylation is 1. The van der Waals surface area contributed by atoms with Crippen molar-refractivity contribution in [2.75, 3.05) is 47.4 Å². The van der Waals surface area contributed by atoms with E-state index in [1.54, 1.807) is 21.1 Å². The number of H-pyrrole nitrogens is 1. The Labute approximate surface area is 214 Å². The molecule has 3 heterocycles. The number of methoxy groups -OCH3 is 2. The van der Waals surface area contributed by atoms with Crippen molar-refractivity contribution in [2.24, 2.45) is 10.3 Å². The molecule has 5 rings (SSSR count). The molecule has 1 saturated heterocycles. The van der Waals surface area contributed by atoms with Gasteiger partial charge in [-0.3, -0.25) is 9.80 Å². The molecule has 190 valence electrons. The number of ether oxygens (including phenoxy) is 2. The molecule has 1 aliphatic heterocycles. The number of piperazine rings is 1. The second-order valence-electron chi connectivity index (χ2n) is 8.97. The maximum absolute atomic E-state index is 13.0. The fourth-order valence-electron chi connectivity index (χ4n) is 4.33. The van der Waals surface area contributed by atoms with Gasteiger partial charge in [0.05, 0.1) is 44.1 Å². The van der Waals surface area contributed by atoms with E-state index in [1.165, 1.54) is 0 Å². The second kappa shape index (κ2) is 10.4. The number of nitrogens with one attached hydrogen (secondary N) is 1. The summed E-state index contributed by atoms with van der Waals surface area (Å²) in [6, 6.07) is 15.2. The van der Waals surface area contributed by atoms with Crippen LogP contribution >= 0.6 is 0 Å². The first-order valence-corrected chi connectivity index (χ1v) is 12.0. The first-order chi connectivity index (χ1) is 17.9. The van der Waals surface area contributed by atoms with Gasteiger partial charge in [0.2, 0.25) is 0 Å². The van der Waals surface area contributed by atoms with Gasteiger partial charge in [-0.1, -0.05) is 23.4 Å². The summed E-state index contributed by atoms with van der Waals surface area (Å²) in [4.78, 5) is 27.3. The highest BCUT2D eigenvalue weighted by Gasteiger charge is 2.16. The third-order valence-corrected chi connectivity index (χ3v) is 6.42. The molecule has 0 bridgehead atoms. The number of hydrogen-bond donors (Lipinski definition) is 1. The number of aromatic nitrogens is 3. The highest BCUT2D eigenvalue weighted by molar-refractivity contribution is 5.94. The van der Waals surface area contributed by atoms with E-state index in [9.17, 15) is 4.79 Å². The van der Waals surface area contributed by atoms with Gasteiger partial charge in [-0.25, -0.2) is 9.97 Å². The Morgan fingerprint density at radius 1 is 0.892 bits per heavy atom. The zero-order valence-corrected chi connectivity index (χ0v) is 21.4. The lowest BCUT2D eigenvalue weighted by Crippen LogP contribution is -2.41. The molecule has 2 aromatic heterocycles. The Morgan fingerprint density at radius 3 is 2.30 bits per heavy atom. The molecule has 2 aromatic carbocycles. The molecule has 10 heteroatoms. The lowest BCUT2D eigenvalue weighted by atomic mass is 9.99. The SMILES string of the molecule is COc1ccc(-c2cc(-c3ccc(N=NN4CCN(C)CC4)cc3)nc3nc(C)[nH]c(=O)c23)cc1OC. The number of hydrogen-bond acceptors (Lipinski definition) is 8. The van der Waals surface area contributed by atoms with Crippen molar-refractivity contribution >= 4 is 16.7 Å². The Morgan fingerprint density at radius 2 is 1.59 bits per heavy atom. The molecule has 0 saturated carbocycles. The van der Waals surface area contributed by atoms with Crippen LogP contribution in [0.2, 0.25) is 0 Å². The second-order valence-corrected chi connectivity index (χ2v) is 8.97. The van der Waals surface area contributed by atoms with Crippen LogP contribution in [0.15, 0.2) is 63.7 Å². The average molecular weight is 500 g/mol. The number of rotatable bonds is 6. The van der Waals surface area contributed by atoms with E-state index in [0.717, 1.165) is 43.0 Å². The molecule has 0 atom stereocenters. The minimum absolute atomic E-state index is 0.244. The van der Waals surface area contributed by atoms with E-state index < -0.39 is 0 Å². The van der Waals surface area contributed by atoms with Crippen LogP contribution in [-0.4, -0.2) is 72.3 Å². The molecule has 0 aliphatic carbocycles. The van der Waals surface area contributed by atoms with Crippen molar-refractivity contribution in [3.05, 3.63) is 64.7 Å². The number of benzene rings is 2. The Kier molecular flexibility index (Phi) is 6.82. The monoisotopic (exact) mass is 499 g/mol. The maximum Gasteiger partial charge on any atom is 0.261 e. The number of pyridine rings is 1. The van der Waals surface area contributed by atoms with Crippen molar-refractivity contribution < 1.29 is 9.47 Å². The first-order valence-electron chi connectivity index (χ1n) is 12.0. The van der Waals surface area contributed by atoms with Gasteiger partial charge in [0, 0.05) is 24.2 Å². The van der Waals surface area contributed by atoms with E-state index in [1.807, 2.05) is 53.5 Å². The molecule has 37 heavy (non-hydrogen) atoms. The molecule has 1 fully saturated rings. The maximum atomic E-state index is 13.0. The zero-order valence-electron chi connectivity index (χ0n) is 21.4. The predicted octanol–water partition coefficient (Wildman–Crippen LogP) is 4.22. The van der Waals surface area contributed by atoms with E-state index in [-0.39, 0.29) is 5.56 Å². The average Bonchev–Trinajstić information content (AvgIpc) is 2.91. The standard InChI is InChI=1S/C27H29N7O3/c1-17-28-26-25(27(35)29-17)21(19-7-10-23(36-3)24(15-19)37-4)16-22(30-26)18-5-8-20(9-6-18)31-32-34-13-11-33(2)12-14-34/h5-10,15-16H,11-14H2,1-4H3,(H,28,29,30,35). The molecule has 4 aromatic rings. The lowest BCUT2D eigenvalue weighted by Gasteiger charge is -2.29. The van der Waals surface area contributed by atoms with Crippen molar-refractivity contribution in [3.63, 3.8) is 0 Å². The zero-order chi connectivity index (χ0) is 25.9. The van der Waals surface area contributed by atoms with Crippen LogP contribution in [0, 0.1) is 6.92 Å². The van der Waals surface area contributed by atoms with Gasteiger partial charge in [-0.2, -0.15) is 0 Å². The summed E-state index contributed by atoms with van der Waals surface area (Å²) in [6.45, 7) is 5.42. The normalized spacial score (nSPS) is 14.4. The molecule has 10 nitrogen and oxygen atoms in total. The van der Waals surface area contributed by atoms with Gasteiger partial charge in [0.25, 0.3) is 5.56 Å². The minimum Gasteiger partial charge on any atom is -0.493 e. The van der Waals surface area contributed by atoms with Crippen LogP contribution in [0.3, 0.4) is 0 Å². The van der Waals surface area contributed by atoms with Gasteiger partial charge in [0.15, 0.2) is 17.1 Å². The molecule has 1 aliphatic rings. The van der Waals surface area contributed by atoms with E-state index in [4.69, 9.17) is 14.5 Å². The van der Waals surface area contributed by atoms with Gasteiger partial charge in [0.1, 0.15) is 5.82 Å². The first kappa shape index (κ1) is 24.4. The highest BCUT2D eigenvalue weighted by Crippen LogP contribution is 2.36. The summed E-state index contributed by atoms with van der Waals surface area (Å²) >= 11 is 0. The predicted molar refractivity (Wildman–Crippen MR) is 142 cm³/mol. The van der Waals surface area contributed by atoms with Gasteiger partial charge in [-0.05, 0) is 49.9 Å². The largest absolute Gasteiger partial charge is 0.493 e. The van der Waals surface area contributed by atoms with Crippen LogP contribution in [0.4, 0.5) is 5.69 Å². The fourth-order valence-corrected chi connectivity index (χ4v) is 4.33. The van der Waals surface area contributed by atoms with Crippen LogP contribution < -0.4 is 15.0 Å². The molecule has 1 N–H and O–H groups in total. The Bertz CT molecular complexity index is 1510. The van der Waals surface area contributed by atoms with Gasteiger partial charge < -0.3 is 19.4 Å². The third kappa shape index (κ3) is 5.14. The Balaban J connectivity index is 1.54. The van der Waals surface area contributed by atoms with Gasteiger partial charge in [-0.15, -0.1) is 5.11 Å². The summed E-state index contributed by atoms with van der Waals surface area (Å²) in [5, 5.41) is 11.2. The highest BCUT2D eigenvalue weighted by atomic mass is 16.5. The number of fused-ring (bicyclic) bond motifs is 1. The topological polar surface area (TPSA) is 108 Å². The number of aromatic amines is 1.